The van der Waals surface area contributed by atoms with E-state index in [1.807, 2.05) is 0 Å². The van der Waals surface area contributed by atoms with Gasteiger partial charge < -0.3 is 0 Å². The van der Waals surface area contributed by atoms with Gasteiger partial charge in [0.25, 0.3) is 0 Å². The molecule has 2 saturated carbocycles. The predicted octanol–water partition coefficient (Wildman–Crippen LogP) is 8.25. The van der Waals surface area contributed by atoms with Crippen LogP contribution in [0.4, 0.5) is 0 Å². The van der Waals surface area contributed by atoms with E-state index < -0.39 is 0 Å². The van der Waals surface area contributed by atoms with Gasteiger partial charge >= 0.3 is 0 Å². The van der Waals surface area contributed by atoms with Gasteiger partial charge in [-0.1, -0.05) is 80.6 Å². The quantitative estimate of drug-likeness (QED) is 0.398. The van der Waals surface area contributed by atoms with Gasteiger partial charge in [-0.25, -0.2) is 0 Å². The van der Waals surface area contributed by atoms with E-state index >= 15 is 0 Å². The summed E-state index contributed by atoms with van der Waals surface area (Å²) in [7, 11) is 0. The van der Waals surface area contributed by atoms with Gasteiger partial charge in [-0.3, -0.25) is 0 Å². The fourth-order valence-electron chi connectivity index (χ4n) is 7.21. The van der Waals surface area contributed by atoms with Gasteiger partial charge in [0.05, 0.1) is 0 Å². The molecule has 2 bridgehead atoms. The third-order valence-electron chi connectivity index (χ3n) is 8.66. The lowest BCUT2D eigenvalue weighted by molar-refractivity contribution is 0.0759. The third kappa shape index (κ3) is 4.04. The smallest absolute Gasteiger partial charge is 0.0300 e. The normalized spacial score (nSPS) is 37.6. The van der Waals surface area contributed by atoms with Crippen LogP contribution in [0.3, 0.4) is 0 Å². The topological polar surface area (TPSA) is 0 Å². The first-order chi connectivity index (χ1) is 11.3. The van der Waals surface area contributed by atoms with Gasteiger partial charge in [0.1, 0.15) is 0 Å². The molecule has 0 radical (unpaired) electrons. The van der Waals surface area contributed by atoms with Crippen molar-refractivity contribution in [2.24, 2.45) is 34.0 Å². The summed E-state index contributed by atoms with van der Waals surface area (Å²) in [6.45, 7) is 17.4. The molecule has 0 N–H and O–H groups in total. The van der Waals surface area contributed by atoms with Crippen LogP contribution < -0.4 is 0 Å². The highest BCUT2D eigenvalue weighted by Gasteiger charge is 2.53. The van der Waals surface area contributed by atoms with Crippen LogP contribution in [0.25, 0.3) is 0 Å². The first kappa shape index (κ1) is 20.3. The van der Waals surface area contributed by atoms with Gasteiger partial charge in [0.15, 0.2) is 0 Å². The number of hydrogen-bond donors (Lipinski definition) is 0. The lowest BCUT2D eigenvalue weighted by atomic mass is 9.62. The summed E-state index contributed by atoms with van der Waals surface area (Å²) < 4.78 is 0. The lowest BCUT2D eigenvalue weighted by Gasteiger charge is -2.43. The van der Waals surface area contributed by atoms with Gasteiger partial charge in [0.2, 0.25) is 0 Å². The molecule has 0 spiro atoms. The van der Waals surface area contributed by atoms with Crippen LogP contribution in [-0.2, 0) is 0 Å². The van der Waals surface area contributed by atoms with Gasteiger partial charge in [0, 0.05) is 0 Å². The van der Waals surface area contributed by atoms with Gasteiger partial charge in [-0.15, -0.1) is 0 Å². The van der Waals surface area contributed by atoms with Crippen molar-refractivity contribution in [1.82, 2.24) is 0 Å². The van der Waals surface area contributed by atoms with Crippen molar-refractivity contribution in [3.8, 4) is 0 Å². The van der Waals surface area contributed by atoms with Crippen molar-refractivity contribution in [3.05, 3.63) is 0 Å². The molecule has 0 aromatic heterocycles. The second-order valence-electron chi connectivity index (χ2n) is 10.5. The molecule has 2 aliphatic carbocycles. The fourth-order valence-corrected chi connectivity index (χ4v) is 7.21. The molecule has 2 rings (SSSR count). The molecule has 0 amide bonds. The molecule has 2 fully saturated rings. The molecular weight excluding hydrogens is 288 g/mol. The Labute approximate surface area is 153 Å². The van der Waals surface area contributed by atoms with Crippen LogP contribution in [0.5, 0.6) is 0 Å². The lowest BCUT2D eigenvalue weighted by Crippen LogP contribution is -2.32. The Kier molecular flexibility index (Phi) is 6.53. The maximum Gasteiger partial charge on any atom is -0.0300 e. The van der Waals surface area contributed by atoms with Gasteiger partial charge in [-0.05, 0) is 72.5 Å². The molecule has 0 heterocycles. The molecule has 24 heavy (non-hydrogen) atoms. The molecule has 0 saturated heterocycles. The third-order valence-corrected chi connectivity index (χ3v) is 8.66. The Morgan fingerprint density at radius 3 is 2.12 bits per heavy atom. The second kappa shape index (κ2) is 7.71. The molecule has 5 atom stereocenters. The Balaban J connectivity index is 2.16. The summed E-state index contributed by atoms with van der Waals surface area (Å²) in [5.74, 6) is 3.01. The molecule has 0 aliphatic heterocycles. The van der Waals surface area contributed by atoms with E-state index in [2.05, 4.69) is 48.5 Å². The molecule has 0 aromatic carbocycles. The number of rotatable bonds is 9. The molecule has 2 aliphatic rings. The summed E-state index contributed by atoms with van der Waals surface area (Å²) in [6.07, 6.45) is 15.9. The Bertz CT molecular complexity index is 393. The average Bonchev–Trinajstić information content (AvgIpc) is 2.81. The summed E-state index contributed by atoms with van der Waals surface area (Å²) in [5, 5.41) is 0. The monoisotopic (exact) mass is 334 g/mol. The van der Waals surface area contributed by atoms with E-state index in [-0.39, 0.29) is 0 Å². The zero-order chi connectivity index (χ0) is 18.0. The van der Waals surface area contributed by atoms with Crippen LogP contribution in [0.2, 0.25) is 0 Å². The fraction of sp³-hybridized carbons (Fsp3) is 1.00. The van der Waals surface area contributed by atoms with Crippen molar-refractivity contribution in [2.45, 2.75) is 119 Å². The Hall–Kier alpha value is 0. The van der Waals surface area contributed by atoms with Gasteiger partial charge in [-0.2, -0.15) is 0 Å². The minimum Gasteiger partial charge on any atom is -0.0654 e. The minimum absolute atomic E-state index is 0.626. The highest BCUT2D eigenvalue weighted by Crippen LogP contribution is 2.63. The van der Waals surface area contributed by atoms with Crippen LogP contribution in [0.15, 0.2) is 0 Å². The molecule has 0 heteroatoms. The highest BCUT2D eigenvalue weighted by atomic mass is 14.6. The highest BCUT2D eigenvalue weighted by molar-refractivity contribution is 5.03. The summed E-state index contributed by atoms with van der Waals surface area (Å²) in [6, 6.07) is 0. The van der Waals surface area contributed by atoms with E-state index in [0.29, 0.717) is 16.2 Å². The Morgan fingerprint density at radius 1 is 0.958 bits per heavy atom. The Morgan fingerprint density at radius 2 is 1.62 bits per heavy atom. The second-order valence-corrected chi connectivity index (χ2v) is 10.5. The standard InChI is InChI=1S/C24H46/c1-8-13-24(11-4,12-5)16-19(9-2)21-17-23(7)15-20(21)14-22(6,10-3)18-23/h19-21H,8-18H2,1-7H3. The molecular formula is C24H46. The van der Waals surface area contributed by atoms with E-state index in [1.165, 1.54) is 70.6 Å². The molecule has 0 nitrogen and oxygen atoms in total. The van der Waals surface area contributed by atoms with Crippen LogP contribution >= 0.6 is 0 Å². The van der Waals surface area contributed by atoms with Crippen molar-refractivity contribution >= 4 is 0 Å². The maximum atomic E-state index is 2.62. The van der Waals surface area contributed by atoms with Crippen molar-refractivity contribution in [2.75, 3.05) is 0 Å². The summed E-state index contributed by atoms with van der Waals surface area (Å²) in [5.41, 5.74) is 1.90. The molecule has 5 unspecified atom stereocenters. The number of fused-ring (bicyclic) bond motifs is 2. The van der Waals surface area contributed by atoms with E-state index in [4.69, 9.17) is 0 Å². The van der Waals surface area contributed by atoms with Crippen LogP contribution in [0.1, 0.15) is 119 Å². The molecule has 142 valence electrons. The first-order valence-corrected chi connectivity index (χ1v) is 11.3. The maximum absolute atomic E-state index is 2.62. The van der Waals surface area contributed by atoms with E-state index in [1.54, 1.807) is 0 Å². The van der Waals surface area contributed by atoms with E-state index in [9.17, 15) is 0 Å². The van der Waals surface area contributed by atoms with Crippen molar-refractivity contribution in [1.29, 1.82) is 0 Å². The zero-order valence-electron chi connectivity index (χ0n) is 18.0. The first-order valence-electron chi connectivity index (χ1n) is 11.3. The largest absolute Gasteiger partial charge is 0.0654 e. The summed E-state index contributed by atoms with van der Waals surface area (Å²) in [4.78, 5) is 0. The van der Waals surface area contributed by atoms with Crippen molar-refractivity contribution in [3.63, 3.8) is 0 Å². The minimum atomic E-state index is 0.626. The summed E-state index contributed by atoms with van der Waals surface area (Å²) >= 11 is 0. The zero-order valence-corrected chi connectivity index (χ0v) is 18.0. The van der Waals surface area contributed by atoms with E-state index in [0.717, 1.165) is 17.8 Å². The molecule has 0 aromatic rings. The van der Waals surface area contributed by atoms with Crippen LogP contribution in [0, 0.1) is 34.0 Å². The average molecular weight is 335 g/mol. The number of hydrogen-bond acceptors (Lipinski definition) is 0. The van der Waals surface area contributed by atoms with Crippen molar-refractivity contribution < 1.29 is 0 Å². The SMILES string of the molecule is CCCC(CC)(CC)CC(CC)C1CC2(C)CC1CC(C)(CC)C2. The van der Waals surface area contributed by atoms with Crippen LogP contribution in [-0.4, -0.2) is 0 Å². The predicted molar refractivity (Wildman–Crippen MR) is 108 cm³/mol.